The normalized spacial score (nSPS) is 34.5. The van der Waals surface area contributed by atoms with Crippen molar-refractivity contribution in [3.05, 3.63) is 0 Å². The average Bonchev–Trinajstić information content (AvgIpc) is 2.53. The summed E-state index contributed by atoms with van der Waals surface area (Å²) in [4.78, 5) is 13.5. The van der Waals surface area contributed by atoms with Gasteiger partial charge in [-0.1, -0.05) is 13.8 Å². The highest BCUT2D eigenvalue weighted by Crippen LogP contribution is 2.61. The molecule has 13 heavy (non-hydrogen) atoms. The predicted molar refractivity (Wildman–Crippen MR) is 55.8 cm³/mol. The minimum absolute atomic E-state index is 0.290. The minimum Gasteiger partial charge on any atom is -0.342 e. The van der Waals surface area contributed by atoms with Crippen LogP contribution in [0.25, 0.3) is 0 Å². The van der Waals surface area contributed by atoms with E-state index in [1.165, 1.54) is 0 Å². The standard InChI is InChI=1S/C10H17NOS/c1-10(2)7-5-11(6-8(7)10)9(12)3-4-13/h7-8,13H,3-6H2,1-2H3. The van der Waals surface area contributed by atoms with Crippen LogP contribution in [-0.4, -0.2) is 29.6 Å². The highest BCUT2D eigenvalue weighted by Gasteiger charge is 2.62. The molecule has 1 heterocycles. The Kier molecular flexibility index (Phi) is 2.10. The summed E-state index contributed by atoms with van der Waals surface area (Å²) < 4.78 is 0. The highest BCUT2D eigenvalue weighted by molar-refractivity contribution is 7.80. The summed E-state index contributed by atoms with van der Waals surface area (Å²) in [5, 5.41) is 0. The Morgan fingerprint density at radius 3 is 2.46 bits per heavy atom. The van der Waals surface area contributed by atoms with Crippen molar-refractivity contribution in [1.29, 1.82) is 0 Å². The molecule has 2 atom stereocenters. The van der Waals surface area contributed by atoms with Crippen LogP contribution in [0.2, 0.25) is 0 Å². The fraction of sp³-hybridized carbons (Fsp3) is 0.900. The maximum absolute atomic E-state index is 11.5. The molecule has 0 bridgehead atoms. The molecule has 1 saturated carbocycles. The third-order valence-corrected chi connectivity index (χ3v) is 4.02. The zero-order valence-electron chi connectivity index (χ0n) is 8.29. The second-order valence-electron chi connectivity index (χ2n) is 4.81. The number of hydrogen-bond donors (Lipinski definition) is 1. The molecule has 0 aromatic rings. The second kappa shape index (κ2) is 2.91. The Hall–Kier alpha value is -0.180. The van der Waals surface area contributed by atoms with Crippen LogP contribution in [0.3, 0.4) is 0 Å². The van der Waals surface area contributed by atoms with Gasteiger partial charge in [0.15, 0.2) is 0 Å². The zero-order valence-corrected chi connectivity index (χ0v) is 9.18. The summed E-state index contributed by atoms with van der Waals surface area (Å²) in [6.45, 7) is 6.60. The van der Waals surface area contributed by atoms with Crippen molar-refractivity contribution < 1.29 is 4.79 Å². The first-order valence-corrected chi connectivity index (χ1v) is 5.59. The average molecular weight is 199 g/mol. The number of rotatable bonds is 2. The van der Waals surface area contributed by atoms with Gasteiger partial charge in [-0.2, -0.15) is 12.6 Å². The number of likely N-dealkylation sites (tertiary alicyclic amines) is 1. The molecule has 1 amide bonds. The SMILES string of the molecule is CC1(C)C2CN(C(=O)CCS)CC21. The van der Waals surface area contributed by atoms with Gasteiger partial charge in [-0.3, -0.25) is 4.79 Å². The molecule has 0 aromatic heterocycles. The molecule has 1 saturated heterocycles. The quantitative estimate of drug-likeness (QED) is 0.667. The maximum Gasteiger partial charge on any atom is 0.223 e. The third kappa shape index (κ3) is 1.37. The topological polar surface area (TPSA) is 20.3 Å². The van der Waals surface area contributed by atoms with E-state index in [1.807, 2.05) is 4.90 Å². The van der Waals surface area contributed by atoms with E-state index >= 15 is 0 Å². The Morgan fingerprint density at radius 1 is 1.46 bits per heavy atom. The molecule has 2 nitrogen and oxygen atoms in total. The van der Waals surface area contributed by atoms with E-state index in [4.69, 9.17) is 0 Å². The van der Waals surface area contributed by atoms with E-state index in [2.05, 4.69) is 26.5 Å². The van der Waals surface area contributed by atoms with E-state index in [0.717, 1.165) is 24.9 Å². The lowest BCUT2D eigenvalue weighted by atomic mass is 10.1. The highest BCUT2D eigenvalue weighted by atomic mass is 32.1. The van der Waals surface area contributed by atoms with Gasteiger partial charge < -0.3 is 4.90 Å². The minimum atomic E-state index is 0.290. The molecule has 3 heteroatoms. The lowest BCUT2D eigenvalue weighted by Crippen LogP contribution is -2.32. The van der Waals surface area contributed by atoms with Gasteiger partial charge in [-0.25, -0.2) is 0 Å². The van der Waals surface area contributed by atoms with E-state index in [0.29, 0.717) is 17.6 Å². The van der Waals surface area contributed by atoms with Crippen molar-refractivity contribution in [3.63, 3.8) is 0 Å². The van der Waals surface area contributed by atoms with Crippen molar-refractivity contribution in [1.82, 2.24) is 4.90 Å². The number of carbonyl (C=O) groups excluding carboxylic acids is 1. The van der Waals surface area contributed by atoms with Gasteiger partial charge in [0, 0.05) is 19.5 Å². The Morgan fingerprint density at radius 2 is 2.00 bits per heavy atom. The van der Waals surface area contributed by atoms with Gasteiger partial charge in [-0.15, -0.1) is 0 Å². The van der Waals surface area contributed by atoms with Gasteiger partial charge >= 0.3 is 0 Å². The fourth-order valence-corrected chi connectivity index (χ4v) is 2.78. The molecule has 2 unspecified atom stereocenters. The first-order chi connectivity index (χ1) is 6.07. The third-order valence-electron chi connectivity index (χ3n) is 3.80. The molecule has 2 fully saturated rings. The monoisotopic (exact) mass is 199 g/mol. The Labute approximate surface area is 85.1 Å². The van der Waals surface area contributed by atoms with Crippen molar-refractivity contribution in [2.24, 2.45) is 17.3 Å². The van der Waals surface area contributed by atoms with Gasteiger partial charge in [0.05, 0.1) is 0 Å². The van der Waals surface area contributed by atoms with Crippen LogP contribution in [0.5, 0.6) is 0 Å². The smallest absolute Gasteiger partial charge is 0.223 e. The lowest BCUT2D eigenvalue weighted by Gasteiger charge is -2.21. The largest absolute Gasteiger partial charge is 0.342 e. The number of carbonyl (C=O) groups is 1. The van der Waals surface area contributed by atoms with Gasteiger partial charge in [-0.05, 0) is 23.0 Å². The molecular weight excluding hydrogens is 182 g/mol. The van der Waals surface area contributed by atoms with Crippen molar-refractivity contribution in [2.75, 3.05) is 18.8 Å². The molecule has 1 aliphatic carbocycles. The Bertz CT molecular complexity index is 225. The molecule has 0 aromatic carbocycles. The maximum atomic E-state index is 11.5. The summed E-state index contributed by atoms with van der Waals surface area (Å²) in [5.74, 6) is 2.51. The summed E-state index contributed by atoms with van der Waals surface area (Å²) in [7, 11) is 0. The van der Waals surface area contributed by atoms with E-state index in [9.17, 15) is 4.79 Å². The lowest BCUT2D eigenvalue weighted by molar-refractivity contribution is -0.130. The molecule has 0 radical (unpaired) electrons. The van der Waals surface area contributed by atoms with E-state index in [1.54, 1.807) is 0 Å². The summed E-state index contributed by atoms with van der Waals surface area (Å²) >= 11 is 4.07. The first-order valence-electron chi connectivity index (χ1n) is 4.96. The molecule has 2 rings (SSSR count). The summed E-state index contributed by atoms with van der Waals surface area (Å²) in [6.07, 6.45) is 0.600. The molecule has 2 aliphatic rings. The molecule has 0 N–H and O–H groups in total. The van der Waals surface area contributed by atoms with E-state index < -0.39 is 0 Å². The van der Waals surface area contributed by atoms with Crippen LogP contribution in [0.1, 0.15) is 20.3 Å². The number of piperidine rings is 1. The molecule has 0 spiro atoms. The van der Waals surface area contributed by atoms with Gasteiger partial charge in [0.1, 0.15) is 0 Å². The molecule has 1 aliphatic heterocycles. The zero-order chi connectivity index (χ0) is 9.64. The van der Waals surface area contributed by atoms with Crippen LogP contribution in [-0.2, 0) is 4.79 Å². The van der Waals surface area contributed by atoms with Crippen LogP contribution >= 0.6 is 12.6 Å². The van der Waals surface area contributed by atoms with Crippen LogP contribution in [0.4, 0.5) is 0 Å². The number of nitrogens with zero attached hydrogens (tertiary/aromatic N) is 1. The summed E-state index contributed by atoms with van der Waals surface area (Å²) in [5.41, 5.74) is 0.512. The fourth-order valence-electron chi connectivity index (χ4n) is 2.59. The van der Waals surface area contributed by atoms with E-state index in [-0.39, 0.29) is 5.91 Å². The summed E-state index contributed by atoms with van der Waals surface area (Å²) in [6, 6.07) is 0. The van der Waals surface area contributed by atoms with Gasteiger partial charge in [0.2, 0.25) is 5.91 Å². The van der Waals surface area contributed by atoms with Crippen molar-refractivity contribution in [2.45, 2.75) is 20.3 Å². The van der Waals surface area contributed by atoms with Crippen LogP contribution in [0.15, 0.2) is 0 Å². The molecular formula is C10H17NOS. The Balaban J connectivity index is 1.87. The number of fused-ring (bicyclic) bond motifs is 1. The van der Waals surface area contributed by atoms with Crippen molar-refractivity contribution in [3.8, 4) is 0 Å². The predicted octanol–water partition coefficient (Wildman–Crippen LogP) is 1.42. The number of amides is 1. The second-order valence-corrected chi connectivity index (χ2v) is 5.25. The number of hydrogen-bond acceptors (Lipinski definition) is 2. The van der Waals surface area contributed by atoms with Crippen molar-refractivity contribution >= 4 is 18.5 Å². The number of thiol groups is 1. The van der Waals surface area contributed by atoms with Crippen LogP contribution in [0, 0.1) is 17.3 Å². The van der Waals surface area contributed by atoms with Crippen LogP contribution < -0.4 is 0 Å². The first kappa shape index (κ1) is 9.38. The van der Waals surface area contributed by atoms with Gasteiger partial charge in [0.25, 0.3) is 0 Å². The molecule has 74 valence electrons.